The molecule has 0 saturated heterocycles. The first-order valence-electron chi connectivity index (χ1n) is 7.35. The lowest BCUT2D eigenvalue weighted by molar-refractivity contribution is -0.126. The molecule has 2 aromatic rings. The number of hydrogen-bond acceptors (Lipinski definition) is 3. The van der Waals surface area contributed by atoms with Crippen molar-refractivity contribution in [2.45, 2.75) is 25.3 Å². The van der Waals surface area contributed by atoms with E-state index in [1.807, 2.05) is 19.1 Å². The number of anilines is 1. The van der Waals surface area contributed by atoms with Crippen LogP contribution in [0, 0.1) is 5.82 Å². The highest BCUT2D eigenvalue weighted by Crippen LogP contribution is 2.33. The Labute approximate surface area is 132 Å². The van der Waals surface area contributed by atoms with Crippen molar-refractivity contribution >= 4 is 17.5 Å². The summed E-state index contributed by atoms with van der Waals surface area (Å²) >= 11 is 0. The molecule has 23 heavy (non-hydrogen) atoms. The van der Waals surface area contributed by atoms with Crippen molar-refractivity contribution in [3.05, 3.63) is 59.7 Å². The highest BCUT2D eigenvalue weighted by molar-refractivity contribution is 6.01. The normalized spacial score (nSPS) is 17.8. The third-order valence-corrected chi connectivity index (χ3v) is 3.86. The molecular formula is C17H16FN3O2. The van der Waals surface area contributed by atoms with E-state index in [1.165, 1.54) is 12.1 Å². The van der Waals surface area contributed by atoms with Crippen molar-refractivity contribution in [3.8, 4) is 0 Å². The van der Waals surface area contributed by atoms with Crippen LogP contribution in [0.25, 0.3) is 0 Å². The minimum atomic E-state index is -0.634. The Morgan fingerprint density at radius 3 is 2.96 bits per heavy atom. The van der Waals surface area contributed by atoms with E-state index in [4.69, 9.17) is 0 Å². The topological polar surface area (TPSA) is 71.1 Å². The van der Waals surface area contributed by atoms with Gasteiger partial charge in [0, 0.05) is 18.3 Å². The molecule has 118 valence electrons. The van der Waals surface area contributed by atoms with Crippen molar-refractivity contribution in [2.24, 2.45) is 0 Å². The van der Waals surface area contributed by atoms with Crippen LogP contribution in [0.4, 0.5) is 10.1 Å². The number of carbonyl (C=O) groups excluding carboxylic acids is 2. The Kier molecular flexibility index (Phi) is 4.06. The van der Waals surface area contributed by atoms with Gasteiger partial charge in [-0.1, -0.05) is 12.1 Å². The Balaban J connectivity index is 1.81. The highest BCUT2D eigenvalue weighted by atomic mass is 19.1. The first-order valence-corrected chi connectivity index (χ1v) is 7.35. The zero-order chi connectivity index (χ0) is 16.4. The van der Waals surface area contributed by atoms with Gasteiger partial charge in [-0.15, -0.1) is 0 Å². The molecule has 0 saturated carbocycles. The summed E-state index contributed by atoms with van der Waals surface area (Å²) < 4.78 is 13.3. The number of pyridine rings is 1. The second-order valence-corrected chi connectivity index (χ2v) is 5.52. The molecule has 0 bridgehead atoms. The van der Waals surface area contributed by atoms with Gasteiger partial charge in [-0.3, -0.25) is 14.6 Å². The zero-order valence-electron chi connectivity index (χ0n) is 12.5. The van der Waals surface area contributed by atoms with Gasteiger partial charge in [0.25, 0.3) is 0 Å². The van der Waals surface area contributed by atoms with Gasteiger partial charge in [0.1, 0.15) is 5.82 Å². The fourth-order valence-electron chi connectivity index (χ4n) is 2.69. The molecular weight excluding hydrogens is 297 g/mol. The van der Waals surface area contributed by atoms with Crippen molar-refractivity contribution < 1.29 is 14.0 Å². The van der Waals surface area contributed by atoms with Gasteiger partial charge < -0.3 is 10.6 Å². The van der Waals surface area contributed by atoms with E-state index in [0.29, 0.717) is 11.3 Å². The summed E-state index contributed by atoms with van der Waals surface area (Å²) in [4.78, 5) is 28.5. The van der Waals surface area contributed by atoms with Gasteiger partial charge in [0.2, 0.25) is 11.8 Å². The molecule has 3 rings (SSSR count). The minimum absolute atomic E-state index is 0.0411. The largest absolute Gasteiger partial charge is 0.347 e. The molecule has 0 aliphatic carbocycles. The molecule has 2 N–H and O–H groups in total. The molecule has 1 aliphatic heterocycles. The van der Waals surface area contributed by atoms with Gasteiger partial charge in [-0.05, 0) is 36.8 Å². The second kappa shape index (κ2) is 6.16. The molecule has 6 heteroatoms. The van der Waals surface area contributed by atoms with E-state index in [-0.39, 0.29) is 24.3 Å². The number of aromatic nitrogens is 1. The van der Waals surface area contributed by atoms with E-state index in [9.17, 15) is 14.0 Å². The van der Waals surface area contributed by atoms with Gasteiger partial charge in [-0.25, -0.2) is 4.39 Å². The van der Waals surface area contributed by atoms with Crippen molar-refractivity contribution in [2.75, 3.05) is 5.32 Å². The fourth-order valence-corrected chi connectivity index (χ4v) is 2.69. The van der Waals surface area contributed by atoms with Crippen LogP contribution in [0.3, 0.4) is 0 Å². The second-order valence-electron chi connectivity index (χ2n) is 5.52. The summed E-state index contributed by atoms with van der Waals surface area (Å²) in [5.74, 6) is -1.66. The predicted octanol–water partition coefficient (Wildman–Crippen LogP) is 2.52. The van der Waals surface area contributed by atoms with Crippen LogP contribution in [0.2, 0.25) is 0 Å². The van der Waals surface area contributed by atoms with Crippen LogP contribution >= 0.6 is 0 Å². The van der Waals surface area contributed by atoms with Crippen LogP contribution in [0.1, 0.15) is 36.6 Å². The zero-order valence-corrected chi connectivity index (χ0v) is 12.5. The standard InChI is InChI=1S/C17H16FN3O2/c1-10(14-4-2-3-7-19-14)20-17(23)13-9-16(22)21-15-8-11(18)5-6-12(13)15/h2-8,10,13H,9H2,1H3,(H,20,23)(H,21,22)/t10-,13+/m0/s1. The Morgan fingerprint density at radius 1 is 1.39 bits per heavy atom. The van der Waals surface area contributed by atoms with Crippen LogP contribution in [-0.4, -0.2) is 16.8 Å². The molecule has 5 nitrogen and oxygen atoms in total. The maximum Gasteiger partial charge on any atom is 0.228 e. The number of hydrogen-bond donors (Lipinski definition) is 2. The molecule has 1 aliphatic rings. The fraction of sp³-hybridized carbons (Fsp3) is 0.235. The van der Waals surface area contributed by atoms with Gasteiger partial charge in [-0.2, -0.15) is 0 Å². The summed E-state index contributed by atoms with van der Waals surface area (Å²) in [6.07, 6.45) is 1.70. The number of nitrogens with one attached hydrogen (secondary N) is 2. The Bertz CT molecular complexity index is 749. The van der Waals surface area contributed by atoms with E-state index < -0.39 is 11.7 Å². The maximum absolute atomic E-state index is 13.3. The van der Waals surface area contributed by atoms with Crippen LogP contribution in [0.15, 0.2) is 42.6 Å². The van der Waals surface area contributed by atoms with Gasteiger partial charge >= 0.3 is 0 Å². The molecule has 1 aromatic carbocycles. The average molecular weight is 313 g/mol. The molecule has 0 unspecified atom stereocenters. The first kappa shape index (κ1) is 15.1. The number of benzene rings is 1. The number of nitrogens with zero attached hydrogens (tertiary/aromatic N) is 1. The van der Waals surface area contributed by atoms with E-state index in [2.05, 4.69) is 15.6 Å². The van der Waals surface area contributed by atoms with E-state index >= 15 is 0 Å². The number of amides is 2. The van der Waals surface area contributed by atoms with Gasteiger partial charge in [0.15, 0.2) is 0 Å². The van der Waals surface area contributed by atoms with E-state index in [1.54, 1.807) is 18.3 Å². The minimum Gasteiger partial charge on any atom is -0.347 e. The molecule has 0 spiro atoms. The molecule has 2 heterocycles. The van der Waals surface area contributed by atoms with Crippen LogP contribution in [0.5, 0.6) is 0 Å². The van der Waals surface area contributed by atoms with Crippen molar-refractivity contribution in [1.82, 2.24) is 10.3 Å². The lowest BCUT2D eigenvalue weighted by Gasteiger charge is -2.26. The number of rotatable bonds is 3. The average Bonchev–Trinajstić information content (AvgIpc) is 2.54. The molecule has 2 atom stereocenters. The monoisotopic (exact) mass is 313 g/mol. The quantitative estimate of drug-likeness (QED) is 0.914. The Hall–Kier alpha value is -2.76. The van der Waals surface area contributed by atoms with Crippen molar-refractivity contribution in [1.29, 1.82) is 0 Å². The highest BCUT2D eigenvalue weighted by Gasteiger charge is 2.31. The van der Waals surface area contributed by atoms with Gasteiger partial charge in [0.05, 0.1) is 17.7 Å². The maximum atomic E-state index is 13.3. The number of halogens is 1. The molecule has 0 radical (unpaired) electrons. The lowest BCUT2D eigenvalue weighted by Crippen LogP contribution is -2.36. The first-order chi connectivity index (χ1) is 11.0. The van der Waals surface area contributed by atoms with Crippen molar-refractivity contribution in [3.63, 3.8) is 0 Å². The van der Waals surface area contributed by atoms with Crippen LogP contribution < -0.4 is 10.6 Å². The summed E-state index contributed by atoms with van der Waals surface area (Å²) in [6.45, 7) is 1.83. The SMILES string of the molecule is C[C@H](NC(=O)[C@@H]1CC(=O)Nc2cc(F)ccc21)c1ccccn1. The lowest BCUT2D eigenvalue weighted by atomic mass is 9.89. The van der Waals surface area contributed by atoms with Crippen LogP contribution in [-0.2, 0) is 9.59 Å². The number of fused-ring (bicyclic) bond motifs is 1. The summed E-state index contributed by atoms with van der Waals surface area (Å²) in [5.41, 5.74) is 1.71. The number of carbonyl (C=O) groups is 2. The molecule has 2 amide bonds. The third kappa shape index (κ3) is 3.21. The molecule has 0 fully saturated rings. The summed E-state index contributed by atoms with van der Waals surface area (Å²) in [7, 11) is 0. The predicted molar refractivity (Wildman–Crippen MR) is 83.2 cm³/mol. The van der Waals surface area contributed by atoms with E-state index in [0.717, 1.165) is 5.69 Å². The Morgan fingerprint density at radius 2 is 2.22 bits per heavy atom. The summed E-state index contributed by atoms with van der Waals surface area (Å²) in [5, 5.41) is 5.47. The molecule has 1 aromatic heterocycles. The summed E-state index contributed by atoms with van der Waals surface area (Å²) in [6, 6.07) is 9.25. The smallest absolute Gasteiger partial charge is 0.228 e. The third-order valence-electron chi connectivity index (χ3n) is 3.86.